The van der Waals surface area contributed by atoms with Gasteiger partial charge in [0.25, 0.3) is 0 Å². The first-order chi connectivity index (χ1) is 8.25. The fourth-order valence-corrected chi connectivity index (χ4v) is 2.78. The third kappa shape index (κ3) is 1.79. The minimum Gasteiger partial charge on any atom is -0.0843 e. The Morgan fingerprint density at radius 1 is 1.00 bits per heavy atom. The zero-order chi connectivity index (χ0) is 11.8. The summed E-state index contributed by atoms with van der Waals surface area (Å²) in [4.78, 5) is 0. The van der Waals surface area contributed by atoms with Crippen molar-refractivity contribution in [1.82, 2.24) is 0 Å². The van der Waals surface area contributed by atoms with E-state index in [9.17, 15) is 0 Å². The zero-order valence-electron chi connectivity index (χ0n) is 9.65. The molecular formula is C16H13Cl. The van der Waals surface area contributed by atoms with Crippen LogP contribution in [-0.4, -0.2) is 0 Å². The molecule has 1 heteroatoms. The molecular weight excluding hydrogens is 228 g/mol. The van der Waals surface area contributed by atoms with Crippen LogP contribution in [0.3, 0.4) is 0 Å². The molecule has 0 heterocycles. The van der Waals surface area contributed by atoms with E-state index in [0.29, 0.717) is 5.92 Å². The molecule has 0 fully saturated rings. The summed E-state index contributed by atoms with van der Waals surface area (Å²) in [5, 5.41) is 0.807. The molecule has 17 heavy (non-hydrogen) atoms. The molecule has 1 aliphatic carbocycles. The van der Waals surface area contributed by atoms with Crippen LogP contribution in [0.5, 0.6) is 0 Å². The molecule has 3 rings (SSSR count). The number of allylic oxidation sites excluding steroid dienone is 1. The number of benzene rings is 2. The van der Waals surface area contributed by atoms with E-state index in [0.717, 1.165) is 5.02 Å². The molecule has 0 saturated carbocycles. The molecule has 0 spiro atoms. The van der Waals surface area contributed by atoms with Gasteiger partial charge in [0.15, 0.2) is 0 Å². The first-order valence-electron chi connectivity index (χ1n) is 5.78. The lowest BCUT2D eigenvalue weighted by molar-refractivity contribution is 0.977. The second-order valence-electron chi connectivity index (χ2n) is 4.51. The lowest BCUT2D eigenvalue weighted by Gasteiger charge is -2.14. The summed E-state index contributed by atoms with van der Waals surface area (Å²) in [5.74, 6) is 0.392. The third-order valence-electron chi connectivity index (χ3n) is 3.33. The van der Waals surface area contributed by atoms with Crippen molar-refractivity contribution in [3.63, 3.8) is 0 Å². The summed E-state index contributed by atoms with van der Waals surface area (Å²) in [6.45, 7) is 2.19. The number of rotatable bonds is 1. The van der Waals surface area contributed by atoms with Crippen molar-refractivity contribution in [2.75, 3.05) is 0 Å². The van der Waals surface area contributed by atoms with Crippen LogP contribution in [-0.2, 0) is 0 Å². The first-order valence-corrected chi connectivity index (χ1v) is 6.16. The van der Waals surface area contributed by atoms with Gasteiger partial charge < -0.3 is 0 Å². The van der Waals surface area contributed by atoms with Crippen LogP contribution in [0, 0.1) is 0 Å². The van der Waals surface area contributed by atoms with Gasteiger partial charge in [-0.05, 0) is 35.7 Å². The largest absolute Gasteiger partial charge is 0.0843 e. The normalized spacial score (nSPS) is 17.8. The standard InChI is InChI=1S/C16H13Cl/c1-11-9-13-10-14(17)7-8-15(13)16(11)12-5-3-2-4-6-12/h2-10,16H,1H3. The van der Waals surface area contributed by atoms with Gasteiger partial charge in [-0.2, -0.15) is 0 Å². The van der Waals surface area contributed by atoms with E-state index >= 15 is 0 Å². The quantitative estimate of drug-likeness (QED) is 0.666. The van der Waals surface area contributed by atoms with Crippen LogP contribution in [0.1, 0.15) is 29.5 Å². The van der Waals surface area contributed by atoms with Crippen molar-refractivity contribution in [2.45, 2.75) is 12.8 Å². The zero-order valence-corrected chi connectivity index (χ0v) is 10.4. The molecule has 1 atom stereocenters. The topological polar surface area (TPSA) is 0 Å². The first kappa shape index (κ1) is 10.6. The van der Waals surface area contributed by atoms with E-state index in [4.69, 9.17) is 11.6 Å². The lowest BCUT2D eigenvalue weighted by atomic mass is 9.89. The van der Waals surface area contributed by atoms with Crippen molar-refractivity contribution < 1.29 is 0 Å². The Morgan fingerprint density at radius 3 is 2.53 bits per heavy atom. The highest BCUT2D eigenvalue weighted by atomic mass is 35.5. The second kappa shape index (κ2) is 4.05. The van der Waals surface area contributed by atoms with Crippen LogP contribution < -0.4 is 0 Å². The molecule has 0 nitrogen and oxygen atoms in total. The van der Waals surface area contributed by atoms with E-state index in [-0.39, 0.29) is 0 Å². The molecule has 84 valence electrons. The summed E-state index contributed by atoms with van der Waals surface area (Å²) in [6.07, 6.45) is 2.24. The van der Waals surface area contributed by atoms with Gasteiger partial charge in [-0.15, -0.1) is 0 Å². The van der Waals surface area contributed by atoms with Crippen molar-refractivity contribution >= 4 is 17.7 Å². The Kier molecular flexibility index (Phi) is 2.53. The minimum atomic E-state index is 0.392. The molecule has 0 aliphatic heterocycles. The third-order valence-corrected chi connectivity index (χ3v) is 3.57. The van der Waals surface area contributed by atoms with E-state index in [1.54, 1.807) is 0 Å². The Balaban J connectivity index is 2.13. The molecule has 1 aliphatic rings. The highest BCUT2D eigenvalue weighted by Crippen LogP contribution is 2.41. The summed E-state index contributed by atoms with van der Waals surface area (Å²) in [7, 11) is 0. The fourth-order valence-electron chi connectivity index (χ4n) is 2.60. The van der Waals surface area contributed by atoms with Crippen molar-refractivity contribution in [3.05, 3.63) is 75.8 Å². The van der Waals surface area contributed by atoms with Gasteiger partial charge >= 0.3 is 0 Å². The Morgan fingerprint density at radius 2 is 1.76 bits per heavy atom. The highest BCUT2D eigenvalue weighted by Gasteiger charge is 2.23. The Bertz CT molecular complexity index is 582. The molecule has 0 radical (unpaired) electrons. The Labute approximate surface area is 107 Å². The molecule has 0 bridgehead atoms. The summed E-state index contributed by atoms with van der Waals surface area (Å²) in [5.41, 5.74) is 5.35. The van der Waals surface area contributed by atoms with Gasteiger partial charge in [-0.3, -0.25) is 0 Å². The van der Waals surface area contributed by atoms with Crippen LogP contribution in [0.15, 0.2) is 54.1 Å². The van der Waals surface area contributed by atoms with Crippen LogP contribution >= 0.6 is 11.6 Å². The van der Waals surface area contributed by atoms with Gasteiger partial charge in [-0.25, -0.2) is 0 Å². The maximum absolute atomic E-state index is 6.04. The van der Waals surface area contributed by atoms with Gasteiger partial charge in [0, 0.05) is 10.9 Å². The maximum atomic E-state index is 6.04. The van der Waals surface area contributed by atoms with Crippen LogP contribution in [0.25, 0.3) is 6.08 Å². The van der Waals surface area contributed by atoms with Crippen molar-refractivity contribution in [2.24, 2.45) is 0 Å². The predicted molar refractivity (Wildman–Crippen MR) is 73.4 cm³/mol. The molecule has 1 unspecified atom stereocenters. The molecule has 2 aromatic rings. The average Bonchev–Trinajstić information content (AvgIpc) is 2.65. The Hall–Kier alpha value is -1.53. The average molecular weight is 241 g/mol. The smallest absolute Gasteiger partial charge is 0.0412 e. The van der Waals surface area contributed by atoms with E-state index in [2.05, 4.69) is 49.4 Å². The monoisotopic (exact) mass is 240 g/mol. The molecule has 0 saturated heterocycles. The second-order valence-corrected chi connectivity index (χ2v) is 4.94. The van der Waals surface area contributed by atoms with Crippen molar-refractivity contribution in [1.29, 1.82) is 0 Å². The predicted octanol–water partition coefficient (Wildman–Crippen LogP) is 4.89. The SMILES string of the molecule is CC1=Cc2cc(Cl)ccc2C1c1ccccc1. The maximum Gasteiger partial charge on any atom is 0.0412 e. The van der Waals surface area contributed by atoms with Gasteiger partial charge in [-0.1, -0.05) is 59.6 Å². The van der Waals surface area contributed by atoms with E-state index in [1.165, 1.54) is 22.3 Å². The number of fused-ring (bicyclic) bond motifs is 1. The van der Waals surface area contributed by atoms with Crippen LogP contribution in [0.2, 0.25) is 5.02 Å². The highest BCUT2D eigenvalue weighted by molar-refractivity contribution is 6.30. The van der Waals surface area contributed by atoms with Crippen molar-refractivity contribution in [3.8, 4) is 0 Å². The lowest BCUT2D eigenvalue weighted by Crippen LogP contribution is -1.98. The van der Waals surface area contributed by atoms with Crippen LogP contribution in [0.4, 0.5) is 0 Å². The number of hydrogen-bond donors (Lipinski definition) is 0. The number of halogens is 1. The molecule has 2 aromatic carbocycles. The van der Waals surface area contributed by atoms with Gasteiger partial charge in [0.2, 0.25) is 0 Å². The summed E-state index contributed by atoms with van der Waals surface area (Å²) in [6, 6.07) is 16.8. The van der Waals surface area contributed by atoms with Gasteiger partial charge in [0.05, 0.1) is 0 Å². The summed E-state index contributed by atoms with van der Waals surface area (Å²) >= 11 is 6.04. The minimum absolute atomic E-state index is 0.392. The fraction of sp³-hybridized carbons (Fsp3) is 0.125. The molecule has 0 N–H and O–H groups in total. The van der Waals surface area contributed by atoms with E-state index < -0.39 is 0 Å². The molecule has 0 aromatic heterocycles. The van der Waals surface area contributed by atoms with Gasteiger partial charge in [0.1, 0.15) is 0 Å². The van der Waals surface area contributed by atoms with E-state index in [1.807, 2.05) is 12.1 Å². The number of hydrogen-bond acceptors (Lipinski definition) is 0. The molecule has 0 amide bonds. The summed E-state index contributed by atoms with van der Waals surface area (Å²) < 4.78 is 0.